The zero-order chi connectivity index (χ0) is 13.0. The fourth-order valence-electron chi connectivity index (χ4n) is 2.35. The smallest absolute Gasteiger partial charge is 0.323 e. The zero-order valence-electron chi connectivity index (χ0n) is 11.1. The molecule has 2 rings (SSSR count). The number of esters is 1. The largest absolute Gasteiger partial charge is 0.468 e. The van der Waals surface area contributed by atoms with Gasteiger partial charge in [0, 0.05) is 6.54 Å². The van der Waals surface area contributed by atoms with Gasteiger partial charge in [-0.25, -0.2) is 0 Å². The molecule has 0 radical (unpaired) electrons. The number of carbonyl (C=O) groups is 1. The van der Waals surface area contributed by atoms with Crippen LogP contribution in [0.5, 0.6) is 0 Å². The summed E-state index contributed by atoms with van der Waals surface area (Å²) < 4.78 is 4.91. The maximum Gasteiger partial charge on any atom is 0.323 e. The van der Waals surface area contributed by atoms with Crippen LogP contribution < -0.4 is 0 Å². The Kier molecular flexibility index (Phi) is 4.37. The van der Waals surface area contributed by atoms with E-state index in [1.165, 1.54) is 12.7 Å². The van der Waals surface area contributed by atoms with Gasteiger partial charge in [-0.05, 0) is 37.8 Å². The Morgan fingerprint density at radius 3 is 2.61 bits per heavy atom. The van der Waals surface area contributed by atoms with Gasteiger partial charge in [0.05, 0.1) is 7.11 Å². The number of hydrogen-bond acceptors (Lipinski definition) is 3. The van der Waals surface area contributed by atoms with E-state index in [9.17, 15) is 4.79 Å². The van der Waals surface area contributed by atoms with Crippen molar-refractivity contribution in [2.75, 3.05) is 20.7 Å². The molecule has 3 nitrogen and oxygen atoms in total. The molecule has 0 saturated heterocycles. The highest BCUT2D eigenvalue weighted by Crippen LogP contribution is 2.35. The summed E-state index contributed by atoms with van der Waals surface area (Å²) in [5.41, 5.74) is 1.31. The van der Waals surface area contributed by atoms with Crippen molar-refractivity contribution in [3.05, 3.63) is 35.9 Å². The van der Waals surface area contributed by atoms with Crippen molar-refractivity contribution in [2.45, 2.75) is 25.3 Å². The van der Waals surface area contributed by atoms with Crippen molar-refractivity contribution in [3.8, 4) is 0 Å². The molecule has 98 valence electrons. The highest BCUT2D eigenvalue weighted by molar-refractivity contribution is 5.76. The molecule has 1 aromatic carbocycles. The molecule has 1 unspecified atom stereocenters. The van der Waals surface area contributed by atoms with E-state index in [1.807, 2.05) is 25.2 Å². The summed E-state index contributed by atoms with van der Waals surface area (Å²) in [5, 5.41) is 0. The van der Waals surface area contributed by atoms with Crippen LogP contribution in [0.15, 0.2) is 30.3 Å². The highest BCUT2D eigenvalue weighted by atomic mass is 16.5. The van der Waals surface area contributed by atoms with Crippen molar-refractivity contribution < 1.29 is 9.53 Å². The SMILES string of the molecule is COC(=O)C(C1CC1)N(C)CCc1ccccc1. The average molecular weight is 247 g/mol. The Bertz CT molecular complexity index is 387. The minimum Gasteiger partial charge on any atom is -0.468 e. The minimum atomic E-state index is -0.0898. The summed E-state index contributed by atoms with van der Waals surface area (Å²) in [7, 11) is 3.49. The summed E-state index contributed by atoms with van der Waals surface area (Å²) in [6, 6.07) is 10.3. The van der Waals surface area contributed by atoms with Crippen LogP contribution in [0.3, 0.4) is 0 Å². The van der Waals surface area contributed by atoms with Gasteiger partial charge in [-0.15, -0.1) is 0 Å². The lowest BCUT2D eigenvalue weighted by Crippen LogP contribution is -2.42. The normalized spacial score (nSPS) is 16.6. The van der Waals surface area contributed by atoms with E-state index in [0.29, 0.717) is 5.92 Å². The summed E-state index contributed by atoms with van der Waals surface area (Å²) in [4.78, 5) is 13.9. The molecule has 1 fully saturated rings. The van der Waals surface area contributed by atoms with Crippen LogP contribution in [0.1, 0.15) is 18.4 Å². The van der Waals surface area contributed by atoms with E-state index in [0.717, 1.165) is 25.8 Å². The summed E-state index contributed by atoms with van der Waals surface area (Å²) in [5.74, 6) is 0.409. The first kappa shape index (κ1) is 13.1. The molecular formula is C15H21NO2. The molecule has 1 aliphatic rings. The van der Waals surface area contributed by atoms with Crippen LogP contribution in [-0.4, -0.2) is 37.6 Å². The van der Waals surface area contributed by atoms with Crippen molar-refractivity contribution in [3.63, 3.8) is 0 Å². The molecule has 1 aliphatic carbocycles. The van der Waals surface area contributed by atoms with Gasteiger partial charge in [-0.1, -0.05) is 30.3 Å². The van der Waals surface area contributed by atoms with E-state index in [4.69, 9.17) is 4.74 Å². The van der Waals surface area contributed by atoms with Crippen LogP contribution in [0.25, 0.3) is 0 Å². The topological polar surface area (TPSA) is 29.5 Å². The van der Waals surface area contributed by atoms with Crippen molar-refractivity contribution >= 4 is 5.97 Å². The Balaban J connectivity index is 1.89. The van der Waals surface area contributed by atoms with Gasteiger partial charge in [0.1, 0.15) is 6.04 Å². The Labute approximate surface area is 109 Å². The monoisotopic (exact) mass is 247 g/mol. The molecule has 0 bridgehead atoms. The van der Waals surface area contributed by atoms with Gasteiger partial charge >= 0.3 is 5.97 Å². The number of hydrogen-bond donors (Lipinski definition) is 0. The summed E-state index contributed by atoms with van der Waals surface area (Å²) in [6.07, 6.45) is 3.27. The van der Waals surface area contributed by atoms with E-state index in [2.05, 4.69) is 17.0 Å². The van der Waals surface area contributed by atoms with E-state index in [1.54, 1.807) is 0 Å². The van der Waals surface area contributed by atoms with E-state index >= 15 is 0 Å². The number of methoxy groups -OCH3 is 1. The third kappa shape index (κ3) is 3.33. The zero-order valence-corrected chi connectivity index (χ0v) is 11.1. The van der Waals surface area contributed by atoms with Crippen LogP contribution in [0.2, 0.25) is 0 Å². The fraction of sp³-hybridized carbons (Fsp3) is 0.533. The first-order valence-electron chi connectivity index (χ1n) is 6.54. The molecule has 0 aliphatic heterocycles. The van der Waals surface area contributed by atoms with Crippen molar-refractivity contribution in [1.82, 2.24) is 4.90 Å². The molecule has 1 saturated carbocycles. The molecule has 0 aromatic heterocycles. The average Bonchev–Trinajstić information content (AvgIpc) is 3.22. The van der Waals surface area contributed by atoms with Gasteiger partial charge in [-0.2, -0.15) is 0 Å². The number of likely N-dealkylation sites (N-methyl/N-ethyl adjacent to an activating group) is 1. The third-order valence-electron chi connectivity index (χ3n) is 3.58. The summed E-state index contributed by atoms with van der Waals surface area (Å²) >= 11 is 0. The van der Waals surface area contributed by atoms with E-state index < -0.39 is 0 Å². The highest BCUT2D eigenvalue weighted by Gasteiger charge is 2.39. The van der Waals surface area contributed by atoms with Gasteiger partial charge < -0.3 is 4.74 Å². The lowest BCUT2D eigenvalue weighted by molar-refractivity contribution is -0.147. The molecule has 0 amide bonds. The molecule has 1 aromatic rings. The lowest BCUT2D eigenvalue weighted by Gasteiger charge is -2.25. The van der Waals surface area contributed by atoms with Crippen LogP contribution in [0, 0.1) is 5.92 Å². The molecule has 18 heavy (non-hydrogen) atoms. The third-order valence-corrected chi connectivity index (χ3v) is 3.58. The number of carbonyl (C=O) groups excluding carboxylic acids is 1. The predicted octanol–water partition coefficient (Wildman–Crippen LogP) is 2.11. The second-order valence-electron chi connectivity index (χ2n) is 5.02. The standard InChI is InChI=1S/C15H21NO2/c1-16(11-10-12-6-4-3-5-7-12)14(13-8-9-13)15(17)18-2/h3-7,13-14H,8-11H2,1-2H3. The van der Waals surface area contributed by atoms with Crippen LogP contribution >= 0.6 is 0 Å². The molecule has 0 N–H and O–H groups in total. The quantitative estimate of drug-likeness (QED) is 0.721. The number of nitrogens with zero attached hydrogens (tertiary/aromatic N) is 1. The maximum absolute atomic E-state index is 11.8. The molecule has 0 spiro atoms. The Hall–Kier alpha value is -1.35. The predicted molar refractivity (Wildman–Crippen MR) is 71.3 cm³/mol. The number of benzene rings is 1. The maximum atomic E-state index is 11.8. The van der Waals surface area contributed by atoms with Crippen molar-refractivity contribution in [2.24, 2.45) is 5.92 Å². The lowest BCUT2D eigenvalue weighted by atomic mass is 10.1. The van der Waals surface area contributed by atoms with Gasteiger partial charge in [0.2, 0.25) is 0 Å². The summed E-state index contributed by atoms with van der Waals surface area (Å²) in [6.45, 7) is 0.889. The molecule has 1 atom stereocenters. The number of rotatable bonds is 6. The second-order valence-corrected chi connectivity index (χ2v) is 5.02. The molecular weight excluding hydrogens is 226 g/mol. The minimum absolute atomic E-state index is 0.0567. The van der Waals surface area contributed by atoms with Gasteiger partial charge in [-0.3, -0.25) is 9.69 Å². The van der Waals surface area contributed by atoms with Crippen LogP contribution in [-0.2, 0) is 16.0 Å². The second kappa shape index (κ2) is 6.01. The van der Waals surface area contributed by atoms with Crippen molar-refractivity contribution in [1.29, 1.82) is 0 Å². The van der Waals surface area contributed by atoms with E-state index in [-0.39, 0.29) is 12.0 Å². The Morgan fingerprint density at radius 1 is 1.39 bits per heavy atom. The first-order valence-corrected chi connectivity index (χ1v) is 6.54. The molecule has 0 heterocycles. The number of ether oxygens (including phenoxy) is 1. The Morgan fingerprint density at radius 2 is 2.06 bits per heavy atom. The molecule has 3 heteroatoms. The van der Waals surface area contributed by atoms with Gasteiger partial charge in [0.25, 0.3) is 0 Å². The van der Waals surface area contributed by atoms with Crippen LogP contribution in [0.4, 0.5) is 0 Å². The fourth-order valence-corrected chi connectivity index (χ4v) is 2.35. The first-order chi connectivity index (χ1) is 8.72. The van der Waals surface area contributed by atoms with Gasteiger partial charge in [0.15, 0.2) is 0 Å².